The van der Waals surface area contributed by atoms with Gasteiger partial charge in [-0.1, -0.05) is 6.92 Å². The van der Waals surface area contributed by atoms with Crippen molar-refractivity contribution in [2.45, 2.75) is 13.3 Å². The van der Waals surface area contributed by atoms with Crippen molar-refractivity contribution in [3.05, 3.63) is 10.3 Å². The fourth-order valence-corrected chi connectivity index (χ4v) is 0.817. The Morgan fingerprint density at radius 3 is 1.56 bits per heavy atom. The van der Waals surface area contributed by atoms with Crippen LogP contribution in [-0.2, 0) is 4.79 Å². The van der Waals surface area contributed by atoms with E-state index in [1.54, 1.807) is 0 Å². The molecule has 0 aromatic carbocycles. The molecule has 0 fully saturated rings. The molecule has 0 saturated heterocycles. The van der Waals surface area contributed by atoms with Crippen molar-refractivity contribution in [1.82, 2.24) is 0 Å². The van der Waals surface area contributed by atoms with E-state index < -0.39 is 11.4 Å². The molecule has 0 aromatic rings. The topological polar surface area (TPSA) is 98.0 Å². The standard InChI is InChI=1S/C6H14O3.C3H4O2S2/c1-2-6(3-7,4-8)5-9;4-2(5)1-3(6)7/h7-9H,2-5H2,1H3;1,6-7H,(H,4,5). The summed E-state index contributed by atoms with van der Waals surface area (Å²) in [4.78, 5) is 9.64. The van der Waals surface area contributed by atoms with Gasteiger partial charge in [0.25, 0.3) is 0 Å². The van der Waals surface area contributed by atoms with Gasteiger partial charge in [0.1, 0.15) is 0 Å². The Morgan fingerprint density at radius 2 is 1.56 bits per heavy atom. The Bertz CT molecular complexity index is 204. The fourth-order valence-electron chi connectivity index (χ4n) is 0.596. The molecule has 0 aromatic heterocycles. The van der Waals surface area contributed by atoms with Gasteiger partial charge >= 0.3 is 5.97 Å². The molecular weight excluding hydrogens is 252 g/mol. The molecule has 0 aliphatic carbocycles. The van der Waals surface area contributed by atoms with Crippen LogP contribution in [-0.4, -0.2) is 46.2 Å². The lowest BCUT2D eigenvalue weighted by atomic mass is 9.88. The number of aliphatic hydroxyl groups excluding tert-OH is 3. The van der Waals surface area contributed by atoms with Crippen LogP contribution in [0.15, 0.2) is 10.3 Å². The fraction of sp³-hybridized carbons (Fsp3) is 0.667. The zero-order valence-electron chi connectivity index (χ0n) is 9.00. The minimum absolute atomic E-state index is 0.156. The average Bonchev–Trinajstić information content (AvgIpc) is 2.21. The van der Waals surface area contributed by atoms with Crippen LogP contribution < -0.4 is 0 Å². The molecular formula is C9H18O5S2. The molecule has 0 bridgehead atoms. The smallest absolute Gasteiger partial charge is 0.329 e. The number of carboxylic acid groups (broad SMARTS) is 1. The molecule has 0 saturated carbocycles. The SMILES string of the molecule is CCC(CO)(CO)CO.O=C(O)C=C(S)S. The van der Waals surface area contributed by atoms with Gasteiger partial charge in [0.05, 0.1) is 19.8 Å². The van der Waals surface area contributed by atoms with E-state index in [-0.39, 0.29) is 24.1 Å². The Labute approximate surface area is 106 Å². The summed E-state index contributed by atoms with van der Waals surface area (Å²) in [6.45, 7) is 1.35. The summed E-state index contributed by atoms with van der Waals surface area (Å²) >= 11 is 7.16. The first kappa shape index (κ1) is 18.2. The number of hydrogen-bond donors (Lipinski definition) is 6. The number of rotatable bonds is 5. The second-order valence-electron chi connectivity index (χ2n) is 3.17. The van der Waals surface area contributed by atoms with Crippen molar-refractivity contribution >= 4 is 31.2 Å². The quantitative estimate of drug-likeness (QED) is 0.315. The second-order valence-corrected chi connectivity index (χ2v) is 4.49. The Hall–Kier alpha value is -0.210. The summed E-state index contributed by atoms with van der Waals surface area (Å²) in [5.41, 5.74) is -0.667. The number of hydrogen-bond acceptors (Lipinski definition) is 6. The summed E-state index contributed by atoms with van der Waals surface area (Å²) in [5.74, 6) is -1.03. The van der Waals surface area contributed by atoms with Gasteiger partial charge in [-0.05, 0) is 6.42 Å². The highest BCUT2D eigenvalue weighted by molar-refractivity contribution is 8.05. The predicted octanol–water partition coefficient (Wildman–Crippen LogP) is 0.132. The molecule has 0 rings (SSSR count). The molecule has 0 atom stereocenters. The number of carbonyl (C=O) groups is 1. The first-order chi connectivity index (χ1) is 7.37. The van der Waals surface area contributed by atoms with Gasteiger partial charge in [-0.3, -0.25) is 0 Å². The van der Waals surface area contributed by atoms with E-state index in [1.165, 1.54) is 0 Å². The van der Waals surface area contributed by atoms with Gasteiger partial charge < -0.3 is 20.4 Å². The Kier molecular flexibility index (Phi) is 11.3. The van der Waals surface area contributed by atoms with E-state index >= 15 is 0 Å². The highest BCUT2D eigenvalue weighted by Gasteiger charge is 2.24. The largest absolute Gasteiger partial charge is 0.478 e. The van der Waals surface area contributed by atoms with Gasteiger partial charge in [0.2, 0.25) is 0 Å². The maximum Gasteiger partial charge on any atom is 0.329 e. The van der Waals surface area contributed by atoms with Crippen molar-refractivity contribution in [3.8, 4) is 0 Å². The molecule has 7 heteroatoms. The average molecular weight is 270 g/mol. The molecule has 16 heavy (non-hydrogen) atoms. The Morgan fingerprint density at radius 1 is 1.19 bits per heavy atom. The predicted molar refractivity (Wildman–Crippen MR) is 67.7 cm³/mol. The Balaban J connectivity index is 0. The lowest BCUT2D eigenvalue weighted by molar-refractivity contribution is -0.131. The lowest BCUT2D eigenvalue weighted by Gasteiger charge is -2.24. The molecule has 0 radical (unpaired) electrons. The molecule has 0 amide bonds. The van der Waals surface area contributed by atoms with Gasteiger partial charge in [-0.2, -0.15) is 0 Å². The minimum atomic E-state index is -1.03. The zero-order chi connectivity index (χ0) is 13.2. The number of carboxylic acids is 1. The van der Waals surface area contributed by atoms with E-state index in [0.29, 0.717) is 6.42 Å². The maximum absolute atomic E-state index is 9.64. The first-order valence-electron chi connectivity index (χ1n) is 4.52. The van der Waals surface area contributed by atoms with Crippen LogP contribution in [0.2, 0.25) is 0 Å². The summed E-state index contributed by atoms with van der Waals surface area (Å²) in [6.07, 6.45) is 1.49. The maximum atomic E-state index is 9.64. The molecule has 0 spiro atoms. The van der Waals surface area contributed by atoms with Crippen molar-refractivity contribution < 1.29 is 25.2 Å². The van der Waals surface area contributed by atoms with E-state index in [2.05, 4.69) is 25.3 Å². The number of aliphatic carboxylic acids is 1. The van der Waals surface area contributed by atoms with E-state index in [0.717, 1.165) is 6.08 Å². The van der Waals surface area contributed by atoms with Crippen LogP contribution in [0.1, 0.15) is 13.3 Å². The molecule has 96 valence electrons. The van der Waals surface area contributed by atoms with Crippen LogP contribution in [0.25, 0.3) is 0 Å². The molecule has 0 aliphatic heterocycles. The van der Waals surface area contributed by atoms with Crippen molar-refractivity contribution in [1.29, 1.82) is 0 Å². The molecule has 4 N–H and O–H groups in total. The highest BCUT2D eigenvalue weighted by Crippen LogP contribution is 2.18. The van der Waals surface area contributed by atoms with Gasteiger partial charge in [0.15, 0.2) is 0 Å². The van der Waals surface area contributed by atoms with Gasteiger partial charge in [-0.25, -0.2) is 4.79 Å². The monoisotopic (exact) mass is 270 g/mol. The van der Waals surface area contributed by atoms with Crippen LogP contribution in [0, 0.1) is 5.41 Å². The second kappa shape index (κ2) is 9.98. The van der Waals surface area contributed by atoms with E-state index in [1.807, 2.05) is 6.92 Å². The third-order valence-electron chi connectivity index (χ3n) is 2.01. The van der Waals surface area contributed by atoms with Gasteiger partial charge in [0, 0.05) is 15.7 Å². The number of thiol groups is 2. The van der Waals surface area contributed by atoms with Crippen molar-refractivity contribution in [3.63, 3.8) is 0 Å². The normalized spacial score (nSPS) is 10.1. The van der Waals surface area contributed by atoms with Crippen LogP contribution >= 0.6 is 25.3 Å². The first-order valence-corrected chi connectivity index (χ1v) is 5.42. The zero-order valence-corrected chi connectivity index (χ0v) is 10.8. The van der Waals surface area contributed by atoms with Gasteiger partial charge in [-0.15, -0.1) is 25.3 Å². The third-order valence-corrected chi connectivity index (χ3v) is 2.27. The molecule has 0 heterocycles. The third kappa shape index (κ3) is 9.05. The molecule has 0 aliphatic rings. The summed E-state index contributed by atoms with van der Waals surface area (Å²) < 4.78 is 0.201. The van der Waals surface area contributed by atoms with E-state index in [9.17, 15) is 4.79 Å². The summed E-state index contributed by atoms with van der Waals surface area (Å²) in [7, 11) is 0. The molecule has 0 unspecified atom stereocenters. The minimum Gasteiger partial charge on any atom is -0.478 e. The van der Waals surface area contributed by atoms with Crippen molar-refractivity contribution in [2.24, 2.45) is 5.41 Å². The van der Waals surface area contributed by atoms with Crippen LogP contribution in [0.4, 0.5) is 0 Å². The van der Waals surface area contributed by atoms with Crippen LogP contribution in [0.5, 0.6) is 0 Å². The summed E-state index contributed by atoms with van der Waals surface area (Å²) in [5, 5.41) is 33.9. The molecule has 5 nitrogen and oxygen atoms in total. The van der Waals surface area contributed by atoms with Crippen molar-refractivity contribution in [2.75, 3.05) is 19.8 Å². The highest BCUT2D eigenvalue weighted by atomic mass is 32.2. The number of aliphatic hydroxyl groups is 3. The lowest BCUT2D eigenvalue weighted by Crippen LogP contribution is -2.32. The summed E-state index contributed by atoms with van der Waals surface area (Å²) in [6, 6.07) is 0. The van der Waals surface area contributed by atoms with E-state index in [4.69, 9.17) is 20.4 Å². The van der Waals surface area contributed by atoms with Crippen LogP contribution in [0.3, 0.4) is 0 Å².